The number of nitrogens with zero attached hydrogens (tertiary/aromatic N) is 1. The molecular weight excluding hydrogens is 275 g/mol. The van der Waals surface area contributed by atoms with Gasteiger partial charge >= 0.3 is 6.18 Å². The second kappa shape index (κ2) is 6.27. The summed E-state index contributed by atoms with van der Waals surface area (Å²) >= 11 is 0. The molecule has 1 fully saturated rings. The first-order valence-electron chi connectivity index (χ1n) is 6.34. The van der Waals surface area contributed by atoms with Gasteiger partial charge in [0.25, 0.3) is 5.91 Å². The van der Waals surface area contributed by atoms with Gasteiger partial charge < -0.3 is 9.88 Å². The Morgan fingerprint density at radius 2 is 2.15 bits per heavy atom. The zero-order valence-corrected chi connectivity index (χ0v) is 10.7. The van der Waals surface area contributed by atoms with E-state index in [-0.39, 0.29) is 6.04 Å². The molecule has 8 heteroatoms. The van der Waals surface area contributed by atoms with Gasteiger partial charge in [0.2, 0.25) is 0 Å². The van der Waals surface area contributed by atoms with E-state index in [0.717, 1.165) is 25.9 Å². The Labute approximate surface area is 114 Å². The van der Waals surface area contributed by atoms with E-state index in [4.69, 9.17) is 0 Å². The number of hydrogen-bond acceptors (Lipinski definition) is 3. The van der Waals surface area contributed by atoms with Crippen LogP contribution in [0.5, 0.6) is 0 Å². The molecule has 0 spiro atoms. The van der Waals surface area contributed by atoms with Crippen molar-refractivity contribution in [3.63, 3.8) is 0 Å². The van der Waals surface area contributed by atoms with Crippen molar-refractivity contribution in [2.45, 2.75) is 25.1 Å². The van der Waals surface area contributed by atoms with Crippen LogP contribution < -0.4 is 10.8 Å². The summed E-state index contributed by atoms with van der Waals surface area (Å²) in [6, 6.07) is 3.43. The van der Waals surface area contributed by atoms with Crippen LogP contribution in [0.1, 0.15) is 29.4 Å². The third kappa shape index (κ3) is 3.97. The fraction of sp³-hybridized carbons (Fsp3) is 0.583. The number of piperidine rings is 1. The minimum Gasteiger partial charge on any atom is -0.340 e. The Kier molecular flexibility index (Phi) is 4.66. The van der Waals surface area contributed by atoms with Gasteiger partial charge in [-0.05, 0) is 38.1 Å². The number of carbonyl (C=O) groups is 1. The van der Waals surface area contributed by atoms with Crippen molar-refractivity contribution in [3.05, 3.63) is 24.0 Å². The maximum absolute atomic E-state index is 11.9. The van der Waals surface area contributed by atoms with Gasteiger partial charge in [-0.25, -0.2) is 5.48 Å². The lowest BCUT2D eigenvalue weighted by Gasteiger charge is -2.25. The number of amides is 1. The highest BCUT2D eigenvalue weighted by atomic mass is 19.4. The molecule has 0 aliphatic carbocycles. The number of carbonyl (C=O) groups excluding carboxylic acids is 1. The average Bonchev–Trinajstić information content (AvgIpc) is 2.87. The summed E-state index contributed by atoms with van der Waals surface area (Å²) in [5.74, 6) is -0.669. The minimum absolute atomic E-state index is 0.176. The van der Waals surface area contributed by atoms with Crippen molar-refractivity contribution < 1.29 is 22.8 Å². The smallest absolute Gasteiger partial charge is 0.340 e. The molecule has 1 aliphatic heterocycles. The summed E-state index contributed by atoms with van der Waals surface area (Å²) in [5.41, 5.74) is 2.13. The molecular formula is C12H16F3N3O2. The first-order valence-corrected chi connectivity index (χ1v) is 6.34. The van der Waals surface area contributed by atoms with Gasteiger partial charge in [0.1, 0.15) is 5.69 Å². The van der Waals surface area contributed by atoms with E-state index >= 15 is 0 Å². The summed E-state index contributed by atoms with van der Waals surface area (Å²) in [6.45, 7) is 0.204. The van der Waals surface area contributed by atoms with Crippen molar-refractivity contribution >= 4 is 5.91 Å². The van der Waals surface area contributed by atoms with Gasteiger partial charge in [0.05, 0.1) is 0 Å². The number of hydrogen-bond donors (Lipinski definition) is 2. The zero-order valence-electron chi connectivity index (χ0n) is 10.7. The third-order valence-corrected chi connectivity index (χ3v) is 3.11. The fourth-order valence-electron chi connectivity index (χ4n) is 2.23. The van der Waals surface area contributed by atoms with Crippen molar-refractivity contribution in [1.82, 2.24) is 15.4 Å². The molecule has 0 atom stereocenters. The van der Waals surface area contributed by atoms with Gasteiger partial charge in [-0.2, -0.15) is 13.2 Å². The van der Waals surface area contributed by atoms with Crippen molar-refractivity contribution in [1.29, 1.82) is 0 Å². The van der Waals surface area contributed by atoms with Gasteiger partial charge in [-0.1, -0.05) is 0 Å². The molecule has 1 amide bonds. The fourth-order valence-corrected chi connectivity index (χ4v) is 2.23. The van der Waals surface area contributed by atoms with Crippen LogP contribution in [0, 0.1) is 0 Å². The first kappa shape index (κ1) is 14.9. The van der Waals surface area contributed by atoms with Crippen LogP contribution in [0.25, 0.3) is 0 Å². The largest absolute Gasteiger partial charge is 0.414 e. The van der Waals surface area contributed by atoms with Gasteiger partial charge in [-0.3, -0.25) is 9.63 Å². The monoisotopic (exact) mass is 291 g/mol. The summed E-state index contributed by atoms with van der Waals surface area (Å²) < 4.78 is 37.6. The van der Waals surface area contributed by atoms with E-state index in [1.165, 1.54) is 0 Å². The topological polar surface area (TPSA) is 55.3 Å². The van der Waals surface area contributed by atoms with E-state index in [9.17, 15) is 18.0 Å². The predicted molar refractivity (Wildman–Crippen MR) is 65.0 cm³/mol. The molecule has 1 aromatic rings. The van der Waals surface area contributed by atoms with Gasteiger partial charge in [-0.15, -0.1) is 0 Å². The van der Waals surface area contributed by atoms with Crippen LogP contribution in [0.15, 0.2) is 18.3 Å². The number of hydroxylamine groups is 1. The van der Waals surface area contributed by atoms with Crippen LogP contribution in [0.2, 0.25) is 0 Å². The summed E-state index contributed by atoms with van der Waals surface area (Å²) in [5, 5.41) is 3.21. The molecule has 2 rings (SSSR count). The van der Waals surface area contributed by atoms with Crippen LogP contribution in [0.3, 0.4) is 0 Å². The summed E-state index contributed by atoms with van der Waals surface area (Å²) in [6.07, 6.45) is -0.963. The third-order valence-electron chi connectivity index (χ3n) is 3.11. The molecule has 0 saturated carbocycles. The maximum atomic E-state index is 11.9. The van der Waals surface area contributed by atoms with Crippen LogP contribution in [-0.2, 0) is 4.84 Å². The molecule has 5 nitrogen and oxygen atoms in total. The van der Waals surface area contributed by atoms with Crippen LogP contribution >= 0.6 is 0 Å². The summed E-state index contributed by atoms with van der Waals surface area (Å²) in [7, 11) is 0. The Hall–Kier alpha value is -1.54. The molecule has 2 N–H and O–H groups in total. The Bertz CT molecular complexity index is 453. The lowest BCUT2D eigenvalue weighted by atomic mass is 10.1. The minimum atomic E-state index is -4.47. The number of rotatable bonds is 4. The Morgan fingerprint density at radius 3 is 2.80 bits per heavy atom. The lowest BCUT2D eigenvalue weighted by Crippen LogP contribution is -2.33. The van der Waals surface area contributed by atoms with E-state index in [1.54, 1.807) is 22.9 Å². The van der Waals surface area contributed by atoms with E-state index in [0.29, 0.717) is 5.69 Å². The van der Waals surface area contributed by atoms with E-state index in [1.807, 2.05) is 5.48 Å². The molecule has 0 unspecified atom stereocenters. The van der Waals surface area contributed by atoms with Gasteiger partial charge in [0, 0.05) is 12.2 Å². The number of nitrogens with one attached hydrogen (secondary N) is 2. The lowest BCUT2D eigenvalue weighted by molar-refractivity contribution is -0.184. The van der Waals surface area contributed by atoms with Crippen LogP contribution in [0.4, 0.5) is 13.2 Å². The molecule has 20 heavy (non-hydrogen) atoms. The molecule has 0 radical (unpaired) electrons. The molecule has 1 saturated heterocycles. The molecule has 2 heterocycles. The number of halogens is 3. The van der Waals surface area contributed by atoms with Gasteiger partial charge in [0.15, 0.2) is 6.61 Å². The van der Waals surface area contributed by atoms with Crippen molar-refractivity contribution in [2.24, 2.45) is 0 Å². The highest BCUT2D eigenvalue weighted by Crippen LogP contribution is 2.21. The molecule has 1 aliphatic rings. The standard InChI is InChI=1S/C12H16F3N3O2/c13-12(14,15)8-20-17-11(19)10-2-1-7-18(10)9-3-5-16-6-4-9/h1-2,7,9,16H,3-6,8H2,(H,17,19). The number of aromatic nitrogens is 1. The van der Waals surface area contributed by atoms with Crippen molar-refractivity contribution in [3.8, 4) is 0 Å². The average molecular weight is 291 g/mol. The second-order valence-electron chi connectivity index (χ2n) is 4.62. The second-order valence-corrected chi connectivity index (χ2v) is 4.62. The zero-order chi connectivity index (χ0) is 14.6. The van der Waals surface area contributed by atoms with E-state index in [2.05, 4.69) is 10.2 Å². The molecule has 0 aromatic carbocycles. The van der Waals surface area contributed by atoms with E-state index < -0.39 is 18.7 Å². The van der Waals surface area contributed by atoms with Crippen LogP contribution in [-0.4, -0.2) is 36.3 Å². The van der Waals surface area contributed by atoms with Crippen molar-refractivity contribution in [2.75, 3.05) is 19.7 Å². The molecule has 112 valence electrons. The molecule has 0 bridgehead atoms. The Balaban J connectivity index is 1.94. The SMILES string of the molecule is O=C(NOCC(F)(F)F)c1cccn1C1CCNCC1. The highest BCUT2D eigenvalue weighted by Gasteiger charge is 2.28. The quantitative estimate of drug-likeness (QED) is 0.829. The first-order chi connectivity index (χ1) is 9.47. The summed E-state index contributed by atoms with van der Waals surface area (Å²) in [4.78, 5) is 16.0. The normalized spacial score (nSPS) is 17.1. The number of alkyl halides is 3. The Morgan fingerprint density at radius 1 is 1.45 bits per heavy atom. The maximum Gasteiger partial charge on any atom is 0.414 e. The highest BCUT2D eigenvalue weighted by molar-refractivity contribution is 5.92. The predicted octanol–water partition coefficient (Wildman–Crippen LogP) is 1.64. The molecule has 1 aromatic heterocycles.